The molecule has 1 unspecified atom stereocenters. The van der Waals surface area contributed by atoms with Gasteiger partial charge in [0.05, 0.1) is 6.54 Å². The van der Waals surface area contributed by atoms with Gasteiger partial charge in [-0.1, -0.05) is 19.1 Å². The Kier molecular flexibility index (Phi) is 6.52. The number of benzene rings is 1. The fourth-order valence-corrected chi connectivity index (χ4v) is 2.69. The summed E-state index contributed by atoms with van der Waals surface area (Å²) in [6, 6.07) is 5.92. The Hall–Kier alpha value is -1.95. The smallest absolute Gasteiger partial charge is 0.242 e. The van der Waals surface area contributed by atoms with Gasteiger partial charge in [0.1, 0.15) is 11.9 Å². The van der Waals surface area contributed by atoms with Crippen molar-refractivity contribution in [1.29, 1.82) is 0 Å². The number of rotatable bonds is 6. The van der Waals surface area contributed by atoms with Crippen LogP contribution in [0.25, 0.3) is 0 Å². The molecular weight excluding hydrogens is 297 g/mol. The molecule has 0 spiro atoms. The molecule has 126 valence electrons. The van der Waals surface area contributed by atoms with Crippen LogP contribution < -0.4 is 10.6 Å². The molecule has 2 N–H and O–H groups in total. The first-order valence-corrected chi connectivity index (χ1v) is 8.12. The number of nitrogens with zero attached hydrogens (tertiary/aromatic N) is 1. The van der Waals surface area contributed by atoms with E-state index in [-0.39, 0.29) is 24.2 Å². The average molecular weight is 321 g/mol. The topological polar surface area (TPSA) is 61.4 Å². The van der Waals surface area contributed by atoms with E-state index in [1.165, 1.54) is 12.1 Å². The van der Waals surface area contributed by atoms with Crippen LogP contribution in [0.1, 0.15) is 31.7 Å². The molecule has 0 radical (unpaired) electrons. The van der Waals surface area contributed by atoms with Crippen molar-refractivity contribution in [2.75, 3.05) is 19.6 Å². The molecule has 0 aromatic heterocycles. The minimum Gasteiger partial charge on any atom is -0.354 e. The molecule has 1 aromatic carbocycles. The fraction of sp³-hybridized carbons (Fsp3) is 0.529. The third-order valence-electron chi connectivity index (χ3n) is 3.98. The summed E-state index contributed by atoms with van der Waals surface area (Å²) in [4.78, 5) is 26.0. The molecule has 2 rings (SSSR count). The maximum atomic E-state index is 13.2. The van der Waals surface area contributed by atoms with Crippen LogP contribution in [-0.2, 0) is 16.1 Å². The fourth-order valence-electron chi connectivity index (χ4n) is 2.69. The second kappa shape index (κ2) is 8.62. The molecule has 0 saturated carbocycles. The van der Waals surface area contributed by atoms with Crippen molar-refractivity contribution in [3.8, 4) is 0 Å². The first kappa shape index (κ1) is 17.4. The van der Waals surface area contributed by atoms with E-state index in [0.29, 0.717) is 26.1 Å². The van der Waals surface area contributed by atoms with Gasteiger partial charge in [0.15, 0.2) is 0 Å². The van der Waals surface area contributed by atoms with Gasteiger partial charge in [0.25, 0.3) is 0 Å². The number of amides is 2. The zero-order chi connectivity index (χ0) is 16.7. The number of hydrogen-bond acceptors (Lipinski definition) is 3. The Balaban J connectivity index is 1.87. The minimum absolute atomic E-state index is 0.107. The number of likely N-dealkylation sites (N-methyl/N-ethyl adjacent to an activating group) is 1. The molecule has 1 aliphatic rings. The van der Waals surface area contributed by atoms with E-state index in [0.717, 1.165) is 18.4 Å². The van der Waals surface area contributed by atoms with Gasteiger partial charge < -0.3 is 10.6 Å². The van der Waals surface area contributed by atoms with Crippen molar-refractivity contribution in [2.24, 2.45) is 0 Å². The van der Waals surface area contributed by atoms with E-state index in [1.54, 1.807) is 6.07 Å². The van der Waals surface area contributed by atoms with Gasteiger partial charge >= 0.3 is 0 Å². The van der Waals surface area contributed by atoms with Crippen molar-refractivity contribution >= 4 is 11.8 Å². The van der Waals surface area contributed by atoms with Crippen molar-refractivity contribution < 1.29 is 14.0 Å². The maximum Gasteiger partial charge on any atom is 0.242 e. The van der Waals surface area contributed by atoms with Crippen molar-refractivity contribution in [3.05, 3.63) is 35.6 Å². The highest BCUT2D eigenvalue weighted by Gasteiger charge is 2.23. The molecular formula is C17H24FN3O2. The van der Waals surface area contributed by atoms with Gasteiger partial charge in [-0.25, -0.2) is 4.39 Å². The highest BCUT2D eigenvalue weighted by atomic mass is 19.1. The van der Waals surface area contributed by atoms with Gasteiger partial charge in [-0.2, -0.15) is 0 Å². The predicted molar refractivity (Wildman–Crippen MR) is 86.1 cm³/mol. The van der Waals surface area contributed by atoms with Crippen LogP contribution >= 0.6 is 0 Å². The van der Waals surface area contributed by atoms with Crippen LogP contribution in [0.3, 0.4) is 0 Å². The largest absolute Gasteiger partial charge is 0.354 e. The van der Waals surface area contributed by atoms with Gasteiger partial charge in [0, 0.05) is 13.1 Å². The van der Waals surface area contributed by atoms with Crippen LogP contribution in [0.2, 0.25) is 0 Å². The molecule has 0 aliphatic carbocycles. The van der Waals surface area contributed by atoms with Crippen molar-refractivity contribution in [3.63, 3.8) is 0 Å². The highest BCUT2D eigenvalue weighted by Crippen LogP contribution is 2.08. The molecule has 1 aliphatic heterocycles. The Bertz CT molecular complexity index is 550. The van der Waals surface area contributed by atoms with Gasteiger partial charge in [-0.05, 0) is 43.5 Å². The summed E-state index contributed by atoms with van der Waals surface area (Å²) in [5, 5.41) is 5.61. The molecule has 1 aromatic rings. The molecule has 1 heterocycles. The second-order valence-electron chi connectivity index (χ2n) is 5.84. The number of nitrogens with one attached hydrogen (secondary N) is 2. The number of carbonyl (C=O) groups is 2. The summed E-state index contributed by atoms with van der Waals surface area (Å²) in [5.74, 6) is -0.563. The van der Waals surface area contributed by atoms with E-state index in [9.17, 15) is 14.0 Å². The van der Waals surface area contributed by atoms with Crippen LogP contribution in [0, 0.1) is 5.82 Å². The second-order valence-corrected chi connectivity index (χ2v) is 5.84. The summed E-state index contributed by atoms with van der Waals surface area (Å²) in [7, 11) is 0. The Labute approximate surface area is 136 Å². The van der Waals surface area contributed by atoms with Gasteiger partial charge in [-0.3, -0.25) is 14.5 Å². The zero-order valence-corrected chi connectivity index (χ0v) is 13.5. The van der Waals surface area contributed by atoms with Crippen molar-refractivity contribution in [2.45, 2.75) is 38.8 Å². The zero-order valence-electron chi connectivity index (χ0n) is 13.5. The average Bonchev–Trinajstić information content (AvgIpc) is 2.71. The summed E-state index contributed by atoms with van der Waals surface area (Å²) in [5.41, 5.74) is 0.826. The lowest BCUT2D eigenvalue weighted by Gasteiger charge is -2.22. The molecule has 1 fully saturated rings. The van der Waals surface area contributed by atoms with Crippen LogP contribution in [-0.4, -0.2) is 42.4 Å². The minimum atomic E-state index is -0.446. The monoisotopic (exact) mass is 321 g/mol. The van der Waals surface area contributed by atoms with Gasteiger partial charge in [0.2, 0.25) is 11.8 Å². The standard InChI is InChI=1S/C17H24FN3O2/c1-2-21(11-13-6-5-7-14(18)10-13)12-16(22)20-15-8-3-4-9-19-17(15)23/h5-7,10,15H,2-4,8-9,11-12H2,1H3,(H,19,23)(H,20,22). The number of carbonyl (C=O) groups excluding carboxylic acids is 2. The maximum absolute atomic E-state index is 13.2. The lowest BCUT2D eigenvalue weighted by Crippen LogP contribution is -2.48. The van der Waals surface area contributed by atoms with E-state index in [1.807, 2.05) is 17.9 Å². The first-order valence-electron chi connectivity index (χ1n) is 8.12. The van der Waals surface area contributed by atoms with E-state index in [4.69, 9.17) is 0 Å². The Morgan fingerprint density at radius 3 is 3.00 bits per heavy atom. The Morgan fingerprint density at radius 1 is 1.43 bits per heavy atom. The lowest BCUT2D eigenvalue weighted by atomic mass is 10.1. The van der Waals surface area contributed by atoms with Crippen LogP contribution in [0.15, 0.2) is 24.3 Å². The third kappa shape index (κ3) is 5.63. The van der Waals surface area contributed by atoms with Crippen LogP contribution in [0.4, 0.5) is 4.39 Å². The molecule has 0 bridgehead atoms. The van der Waals surface area contributed by atoms with E-state index in [2.05, 4.69) is 10.6 Å². The molecule has 23 heavy (non-hydrogen) atoms. The summed E-state index contributed by atoms with van der Waals surface area (Å²) in [6.07, 6.45) is 2.54. The van der Waals surface area contributed by atoms with Crippen LogP contribution in [0.5, 0.6) is 0 Å². The predicted octanol–water partition coefficient (Wildman–Crippen LogP) is 1.43. The Morgan fingerprint density at radius 2 is 2.26 bits per heavy atom. The third-order valence-corrected chi connectivity index (χ3v) is 3.98. The first-order chi connectivity index (χ1) is 11.1. The van der Waals surface area contributed by atoms with Gasteiger partial charge in [-0.15, -0.1) is 0 Å². The number of halogens is 1. The summed E-state index contributed by atoms with van der Waals surface area (Å²) in [6.45, 7) is 3.98. The molecule has 1 atom stereocenters. The summed E-state index contributed by atoms with van der Waals surface area (Å²) < 4.78 is 13.2. The molecule has 6 heteroatoms. The van der Waals surface area contributed by atoms with E-state index < -0.39 is 6.04 Å². The van der Waals surface area contributed by atoms with E-state index >= 15 is 0 Å². The summed E-state index contributed by atoms with van der Waals surface area (Å²) >= 11 is 0. The highest BCUT2D eigenvalue weighted by molar-refractivity contribution is 5.88. The SMILES string of the molecule is CCN(CC(=O)NC1CCCCNC1=O)Cc1cccc(F)c1. The normalized spacial score (nSPS) is 18.4. The lowest BCUT2D eigenvalue weighted by molar-refractivity contribution is -0.129. The molecule has 2 amide bonds. The number of hydrogen-bond donors (Lipinski definition) is 2. The molecule has 5 nitrogen and oxygen atoms in total. The van der Waals surface area contributed by atoms with Crippen molar-refractivity contribution in [1.82, 2.24) is 15.5 Å². The molecule has 1 saturated heterocycles. The quantitative estimate of drug-likeness (QED) is 0.833.